The molecule has 1 fully saturated rings. The molecule has 1 aliphatic heterocycles. The summed E-state index contributed by atoms with van der Waals surface area (Å²) in [5, 5.41) is 16.7. The molecule has 0 unspecified atom stereocenters. The molecular weight excluding hydrogens is 397 g/mol. The number of nitrogens with zero attached hydrogens (tertiary/aromatic N) is 2. The zero-order valence-electron chi connectivity index (χ0n) is 15.7. The van der Waals surface area contributed by atoms with Crippen molar-refractivity contribution in [3.8, 4) is 5.75 Å². The number of halogens is 2. The average Bonchev–Trinajstić information content (AvgIpc) is 2.66. The van der Waals surface area contributed by atoms with Crippen LogP contribution < -0.4 is 22.9 Å². The number of likely N-dealkylation sites (tertiary alicyclic amines) is 1. The van der Waals surface area contributed by atoms with Crippen LogP contribution in [-0.2, 0) is 6.42 Å². The van der Waals surface area contributed by atoms with Crippen molar-refractivity contribution in [2.24, 2.45) is 0 Å². The Morgan fingerprint density at radius 3 is 2.50 bits per heavy atom. The minimum absolute atomic E-state index is 0. The summed E-state index contributed by atoms with van der Waals surface area (Å²) in [6.45, 7) is 2.08. The van der Waals surface area contributed by atoms with Crippen molar-refractivity contribution in [3.05, 3.63) is 69.1 Å². The van der Waals surface area contributed by atoms with Gasteiger partial charge in [0.25, 0.3) is 5.56 Å². The van der Waals surface area contributed by atoms with Gasteiger partial charge in [0, 0.05) is 29.7 Å². The van der Waals surface area contributed by atoms with Gasteiger partial charge in [-0.3, -0.25) is 4.79 Å². The van der Waals surface area contributed by atoms with Gasteiger partial charge >= 0.3 is 0 Å². The van der Waals surface area contributed by atoms with Crippen molar-refractivity contribution in [1.29, 1.82) is 0 Å². The fourth-order valence-corrected chi connectivity index (χ4v) is 3.95. The van der Waals surface area contributed by atoms with E-state index in [1.165, 1.54) is 4.90 Å². The van der Waals surface area contributed by atoms with Crippen molar-refractivity contribution in [1.82, 2.24) is 9.78 Å². The number of rotatable bonds is 3. The second-order valence-corrected chi connectivity index (χ2v) is 7.85. The van der Waals surface area contributed by atoms with E-state index in [0.717, 1.165) is 37.2 Å². The smallest absolute Gasteiger partial charge is 0.274 e. The normalized spacial score (nSPS) is 19.4. The number of phenols is 1. The Morgan fingerprint density at radius 2 is 1.82 bits per heavy atom. The quantitative estimate of drug-likeness (QED) is 0.584. The number of piperidine rings is 1. The van der Waals surface area contributed by atoms with Crippen LogP contribution in [0, 0.1) is 0 Å². The third kappa shape index (κ3) is 4.17. The Bertz CT molecular complexity index is 1030. The first-order valence-electron chi connectivity index (χ1n) is 9.31. The molecule has 28 heavy (non-hydrogen) atoms. The molecule has 7 heteroatoms. The first-order valence-corrected chi connectivity index (χ1v) is 9.69. The van der Waals surface area contributed by atoms with E-state index in [1.807, 2.05) is 24.3 Å². The van der Waals surface area contributed by atoms with E-state index in [2.05, 4.69) is 7.05 Å². The van der Waals surface area contributed by atoms with Gasteiger partial charge in [0.1, 0.15) is 5.75 Å². The standard InChI is InChI=1S/C21H22ClN3O2.ClH/c1-24-10-8-16(9-11-24)25-21(27)18-7-6-17(26)13-19(18)20(23-25)12-14-2-4-15(22)5-3-14;/h2-7,13,16,26H,8-12H2,1H3;1H. The van der Waals surface area contributed by atoms with E-state index < -0.39 is 0 Å². The van der Waals surface area contributed by atoms with E-state index in [1.54, 1.807) is 22.9 Å². The number of phenolic OH excluding ortho intramolecular Hbond substituents is 1. The third-order valence-electron chi connectivity index (χ3n) is 5.42. The van der Waals surface area contributed by atoms with Crippen molar-refractivity contribution >= 4 is 22.4 Å². The Labute approximate surface area is 175 Å². The molecule has 1 aliphatic rings. The van der Waals surface area contributed by atoms with Gasteiger partial charge in [-0.25, -0.2) is 4.68 Å². The molecule has 0 spiro atoms. The number of hydrogen-bond donors (Lipinski definition) is 2. The molecule has 0 saturated carbocycles. The minimum atomic E-state index is -0.0746. The molecule has 5 nitrogen and oxygen atoms in total. The maximum atomic E-state index is 13.1. The van der Waals surface area contributed by atoms with Crippen LogP contribution >= 0.6 is 11.6 Å². The molecule has 2 heterocycles. The Kier molecular flexibility index (Phi) is 6.28. The van der Waals surface area contributed by atoms with Gasteiger partial charge in [0.15, 0.2) is 0 Å². The summed E-state index contributed by atoms with van der Waals surface area (Å²) < 4.78 is 1.68. The maximum Gasteiger partial charge on any atom is 0.274 e. The molecule has 2 N–H and O–H groups in total. The number of hydrogen-bond acceptors (Lipinski definition) is 3. The van der Waals surface area contributed by atoms with Crippen LogP contribution in [0.1, 0.15) is 30.1 Å². The lowest BCUT2D eigenvalue weighted by molar-refractivity contribution is -0.885. The lowest BCUT2D eigenvalue weighted by Gasteiger charge is -2.27. The fraction of sp³-hybridized carbons (Fsp3) is 0.333. The van der Waals surface area contributed by atoms with Crippen molar-refractivity contribution in [3.63, 3.8) is 0 Å². The summed E-state index contributed by atoms with van der Waals surface area (Å²) in [4.78, 5) is 14.6. The van der Waals surface area contributed by atoms with Crippen LogP contribution in [0.4, 0.5) is 0 Å². The lowest BCUT2D eigenvalue weighted by atomic mass is 10.0. The van der Waals surface area contributed by atoms with Crippen molar-refractivity contribution < 1.29 is 22.4 Å². The predicted molar refractivity (Wildman–Crippen MR) is 107 cm³/mol. The zero-order valence-corrected chi connectivity index (χ0v) is 17.2. The fourth-order valence-electron chi connectivity index (χ4n) is 3.82. The van der Waals surface area contributed by atoms with E-state index in [4.69, 9.17) is 16.7 Å². The molecule has 2 aromatic carbocycles. The van der Waals surface area contributed by atoms with E-state index in [0.29, 0.717) is 22.2 Å². The molecular formula is C21H23Cl2N3O2. The number of fused-ring (bicyclic) bond motifs is 1. The van der Waals surface area contributed by atoms with Crippen LogP contribution in [0.2, 0.25) is 5.02 Å². The predicted octanol–water partition coefficient (Wildman–Crippen LogP) is -0.800. The van der Waals surface area contributed by atoms with Gasteiger partial charge in [0.05, 0.1) is 37.3 Å². The number of aromatic nitrogens is 2. The van der Waals surface area contributed by atoms with Crippen molar-refractivity contribution in [2.45, 2.75) is 25.3 Å². The number of quaternary nitrogens is 1. The lowest BCUT2D eigenvalue weighted by Crippen LogP contribution is -3.10. The van der Waals surface area contributed by atoms with E-state index in [-0.39, 0.29) is 29.8 Å². The Hall–Kier alpha value is -2.08. The van der Waals surface area contributed by atoms with Gasteiger partial charge in [-0.05, 0) is 35.9 Å². The highest BCUT2D eigenvalue weighted by molar-refractivity contribution is 6.30. The summed E-state index contributed by atoms with van der Waals surface area (Å²) in [6.07, 6.45) is 2.47. The highest BCUT2D eigenvalue weighted by Crippen LogP contribution is 2.24. The monoisotopic (exact) mass is 419 g/mol. The van der Waals surface area contributed by atoms with Gasteiger partial charge < -0.3 is 22.4 Å². The van der Waals surface area contributed by atoms with Crippen LogP contribution in [0.3, 0.4) is 0 Å². The van der Waals surface area contributed by atoms with Crippen LogP contribution in [0.5, 0.6) is 5.75 Å². The van der Waals surface area contributed by atoms with E-state index >= 15 is 0 Å². The number of benzene rings is 2. The average molecular weight is 420 g/mol. The van der Waals surface area contributed by atoms with Gasteiger partial charge in [-0.1, -0.05) is 23.7 Å². The summed E-state index contributed by atoms with van der Waals surface area (Å²) in [5.74, 6) is 0.140. The molecule has 0 bridgehead atoms. The molecule has 0 aliphatic carbocycles. The van der Waals surface area contributed by atoms with Crippen molar-refractivity contribution in [2.75, 3.05) is 20.1 Å². The van der Waals surface area contributed by atoms with E-state index in [9.17, 15) is 9.90 Å². The summed E-state index contributed by atoms with van der Waals surface area (Å²) in [6, 6.07) is 12.7. The van der Waals surface area contributed by atoms with Crippen LogP contribution in [0.15, 0.2) is 47.3 Å². The van der Waals surface area contributed by atoms with Gasteiger partial charge in [-0.15, -0.1) is 0 Å². The Balaban J connectivity index is 0.00000225. The molecule has 1 aromatic heterocycles. The summed E-state index contributed by atoms with van der Waals surface area (Å²) >= 11 is 5.99. The van der Waals surface area contributed by atoms with Crippen LogP contribution in [-0.4, -0.2) is 35.0 Å². The number of nitrogens with one attached hydrogen (secondary N) is 1. The second kappa shape index (κ2) is 8.52. The highest BCUT2D eigenvalue weighted by Gasteiger charge is 2.24. The first-order chi connectivity index (χ1) is 13.0. The molecule has 0 radical (unpaired) electrons. The van der Waals surface area contributed by atoms with Crippen LogP contribution in [0.25, 0.3) is 10.8 Å². The molecule has 3 aromatic rings. The minimum Gasteiger partial charge on any atom is -1.00 e. The first kappa shape index (κ1) is 20.6. The molecule has 0 atom stereocenters. The SMILES string of the molecule is C[NH+]1CCC(n2nc(Cc3ccc(Cl)cc3)c3cc(O)ccc3c2=O)CC1.[Cl-]. The topological polar surface area (TPSA) is 59.6 Å². The summed E-state index contributed by atoms with van der Waals surface area (Å²) in [7, 11) is 2.18. The zero-order chi connectivity index (χ0) is 19.0. The maximum absolute atomic E-state index is 13.1. The largest absolute Gasteiger partial charge is 1.00 e. The van der Waals surface area contributed by atoms with Gasteiger partial charge in [-0.2, -0.15) is 5.10 Å². The van der Waals surface area contributed by atoms with Gasteiger partial charge in [0.2, 0.25) is 0 Å². The second-order valence-electron chi connectivity index (χ2n) is 7.42. The third-order valence-corrected chi connectivity index (χ3v) is 5.67. The molecule has 0 amide bonds. The summed E-state index contributed by atoms with van der Waals surface area (Å²) in [5.41, 5.74) is 1.79. The number of aromatic hydroxyl groups is 1. The molecule has 148 valence electrons. The molecule has 4 rings (SSSR count). The molecule has 1 saturated heterocycles. The highest BCUT2D eigenvalue weighted by atomic mass is 35.5. The Morgan fingerprint density at radius 1 is 1.14 bits per heavy atom.